The van der Waals surface area contributed by atoms with Crippen LogP contribution in [0.1, 0.15) is 31.0 Å². The van der Waals surface area contributed by atoms with Gasteiger partial charge in [-0.3, -0.25) is 9.36 Å². The van der Waals surface area contributed by atoms with Crippen LogP contribution in [0.4, 0.5) is 0 Å². The van der Waals surface area contributed by atoms with Crippen molar-refractivity contribution in [2.45, 2.75) is 19.9 Å². The minimum atomic E-state index is -0.689. The molecule has 2 aromatic carbocycles. The van der Waals surface area contributed by atoms with Crippen molar-refractivity contribution in [3.8, 4) is 17.2 Å². The minimum Gasteiger partial charge on any atom is -0.497 e. The van der Waals surface area contributed by atoms with Crippen LogP contribution in [-0.2, 0) is 9.53 Å². The first-order valence-corrected chi connectivity index (χ1v) is 11.8. The molecule has 3 aromatic rings. The molecule has 4 rings (SSSR count). The van der Waals surface area contributed by atoms with Gasteiger partial charge in [0.2, 0.25) is 0 Å². The summed E-state index contributed by atoms with van der Waals surface area (Å²) in [4.78, 5) is 31.8. The average Bonchev–Trinajstić information content (AvgIpc) is 3.17. The number of allylic oxidation sites excluding steroid dienone is 1. The maximum absolute atomic E-state index is 13.7. The van der Waals surface area contributed by atoms with Gasteiger partial charge in [0.1, 0.15) is 5.75 Å². The predicted octanol–water partition coefficient (Wildman–Crippen LogP) is 2.82. The number of aromatic nitrogens is 1. The molecule has 1 atom stereocenters. The van der Waals surface area contributed by atoms with Gasteiger partial charge in [0.15, 0.2) is 16.3 Å². The zero-order valence-corrected chi connectivity index (χ0v) is 21.0. The Morgan fingerprint density at radius 2 is 1.83 bits per heavy atom. The second kappa shape index (κ2) is 10.2. The third kappa shape index (κ3) is 4.46. The number of hydrogen-bond acceptors (Lipinski definition) is 8. The topological polar surface area (TPSA) is 88.4 Å². The van der Waals surface area contributed by atoms with Gasteiger partial charge in [0, 0.05) is 5.56 Å². The molecule has 9 heteroatoms. The number of ether oxygens (including phenoxy) is 4. The second-order valence-electron chi connectivity index (χ2n) is 7.66. The van der Waals surface area contributed by atoms with Crippen LogP contribution < -0.4 is 29.1 Å². The molecule has 8 nitrogen and oxygen atoms in total. The number of benzene rings is 2. The van der Waals surface area contributed by atoms with E-state index >= 15 is 0 Å². The SMILES string of the molecule is CCOC(=O)C1=C(C)N=c2s/c(=C/c3cccc(OC)c3OC)c(=O)n2C1c1ccc(OC)cc1. The van der Waals surface area contributed by atoms with Gasteiger partial charge in [-0.15, -0.1) is 0 Å². The van der Waals surface area contributed by atoms with Crippen molar-refractivity contribution in [3.63, 3.8) is 0 Å². The standard InChI is InChI=1S/C26H26N2O6S/c1-6-34-25(30)21-15(2)27-26-28(22(21)16-10-12-18(31-3)13-11-16)24(29)20(35-26)14-17-8-7-9-19(32-4)23(17)33-5/h7-14,22H,6H2,1-5H3/b20-14+. The maximum atomic E-state index is 13.7. The second-order valence-corrected chi connectivity index (χ2v) is 8.67. The first kappa shape index (κ1) is 24.3. The number of carbonyl (C=O) groups is 1. The van der Waals surface area contributed by atoms with Crippen molar-refractivity contribution in [2.75, 3.05) is 27.9 Å². The highest BCUT2D eigenvalue weighted by atomic mass is 32.1. The van der Waals surface area contributed by atoms with Crippen molar-refractivity contribution in [1.82, 2.24) is 4.57 Å². The van der Waals surface area contributed by atoms with Gasteiger partial charge in [-0.1, -0.05) is 35.6 Å². The largest absolute Gasteiger partial charge is 0.497 e. The van der Waals surface area contributed by atoms with Crippen LogP contribution >= 0.6 is 11.3 Å². The van der Waals surface area contributed by atoms with Crippen molar-refractivity contribution in [3.05, 3.63) is 84.5 Å². The summed E-state index contributed by atoms with van der Waals surface area (Å²) in [5.41, 5.74) is 2.01. The summed E-state index contributed by atoms with van der Waals surface area (Å²) >= 11 is 1.25. The molecule has 0 saturated heterocycles. The van der Waals surface area contributed by atoms with Crippen LogP contribution in [-0.4, -0.2) is 38.5 Å². The van der Waals surface area contributed by atoms with Gasteiger partial charge in [0.25, 0.3) is 5.56 Å². The van der Waals surface area contributed by atoms with Crippen molar-refractivity contribution in [2.24, 2.45) is 4.99 Å². The lowest BCUT2D eigenvalue weighted by atomic mass is 9.96. The van der Waals surface area contributed by atoms with Gasteiger partial charge < -0.3 is 18.9 Å². The Kier molecular flexibility index (Phi) is 7.07. The fraction of sp³-hybridized carbons (Fsp3) is 0.269. The molecule has 0 bridgehead atoms. The van der Waals surface area contributed by atoms with Gasteiger partial charge in [-0.2, -0.15) is 0 Å². The highest BCUT2D eigenvalue weighted by molar-refractivity contribution is 7.07. The highest BCUT2D eigenvalue weighted by Gasteiger charge is 2.33. The third-order valence-electron chi connectivity index (χ3n) is 5.67. The molecule has 0 fully saturated rings. The summed E-state index contributed by atoms with van der Waals surface area (Å²) in [6.45, 7) is 3.71. The fourth-order valence-corrected chi connectivity index (χ4v) is 5.10. The Hall–Kier alpha value is -3.85. The van der Waals surface area contributed by atoms with Crippen LogP contribution in [0.3, 0.4) is 0 Å². The van der Waals surface area contributed by atoms with E-state index in [2.05, 4.69) is 4.99 Å². The van der Waals surface area contributed by atoms with E-state index in [1.165, 1.54) is 11.3 Å². The Morgan fingerprint density at radius 1 is 1.09 bits per heavy atom. The smallest absolute Gasteiger partial charge is 0.338 e. The molecule has 1 aliphatic rings. The molecule has 0 saturated carbocycles. The van der Waals surface area contributed by atoms with Crippen LogP contribution in [0.15, 0.2) is 63.5 Å². The first-order valence-electron chi connectivity index (χ1n) is 11.0. The Bertz CT molecular complexity index is 1470. The average molecular weight is 495 g/mol. The summed E-state index contributed by atoms with van der Waals surface area (Å²) in [6.07, 6.45) is 1.75. The molecule has 0 amide bonds. The zero-order valence-electron chi connectivity index (χ0n) is 20.2. The quantitative estimate of drug-likeness (QED) is 0.470. The van der Waals surface area contributed by atoms with Crippen LogP contribution in [0, 0.1) is 0 Å². The number of methoxy groups -OCH3 is 3. The maximum Gasteiger partial charge on any atom is 0.338 e. The third-order valence-corrected chi connectivity index (χ3v) is 6.65. The summed E-state index contributed by atoms with van der Waals surface area (Å²) in [5, 5.41) is 0. The van der Waals surface area contributed by atoms with E-state index in [9.17, 15) is 9.59 Å². The van der Waals surface area contributed by atoms with Gasteiger partial charge in [-0.25, -0.2) is 9.79 Å². The summed E-state index contributed by atoms with van der Waals surface area (Å²) in [7, 11) is 4.69. The molecule has 0 N–H and O–H groups in total. The van der Waals surface area contributed by atoms with Gasteiger partial charge in [0.05, 0.1) is 49.8 Å². The number of hydrogen-bond donors (Lipinski definition) is 0. The number of nitrogens with zero attached hydrogens (tertiary/aromatic N) is 2. The van der Waals surface area contributed by atoms with E-state index in [1.54, 1.807) is 64.0 Å². The van der Waals surface area contributed by atoms with E-state index in [0.717, 1.165) is 5.56 Å². The van der Waals surface area contributed by atoms with E-state index < -0.39 is 12.0 Å². The number of fused-ring (bicyclic) bond motifs is 1. The Balaban J connectivity index is 1.96. The Labute approximate surface area is 206 Å². The normalized spacial score (nSPS) is 15.3. The lowest BCUT2D eigenvalue weighted by Crippen LogP contribution is -2.39. The molecular weight excluding hydrogens is 468 g/mol. The molecule has 35 heavy (non-hydrogen) atoms. The summed E-state index contributed by atoms with van der Waals surface area (Å²) in [6, 6.07) is 12.0. The lowest BCUT2D eigenvalue weighted by Gasteiger charge is -2.24. The first-order chi connectivity index (χ1) is 16.9. The van der Waals surface area contributed by atoms with Crippen LogP contribution in [0.2, 0.25) is 0 Å². The van der Waals surface area contributed by atoms with E-state index in [-0.39, 0.29) is 12.2 Å². The monoisotopic (exact) mass is 494 g/mol. The zero-order chi connectivity index (χ0) is 25.1. The minimum absolute atomic E-state index is 0.213. The molecule has 0 radical (unpaired) electrons. The van der Waals surface area contributed by atoms with Crippen LogP contribution in [0.25, 0.3) is 6.08 Å². The molecule has 0 aliphatic carbocycles. The Morgan fingerprint density at radius 3 is 2.46 bits per heavy atom. The molecule has 1 aromatic heterocycles. The number of rotatable bonds is 7. The van der Waals surface area contributed by atoms with E-state index in [1.807, 2.05) is 24.3 Å². The number of carbonyl (C=O) groups excluding carboxylic acids is 1. The predicted molar refractivity (Wildman–Crippen MR) is 133 cm³/mol. The molecule has 1 aliphatic heterocycles. The van der Waals surface area contributed by atoms with Crippen molar-refractivity contribution < 1.29 is 23.7 Å². The van der Waals surface area contributed by atoms with Gasteiger partial charge >= 0.3 is 5.97 Å². The fourth-order valence-electron chi connectivity index (χ4n) is 4.06. The van der Waals surface area contributed by atoms with E-state index in [0.29, 0.717) is 43.4 Å². The van der Waals surface area contributed by atoms with Gasteiger partial charge in [-0.05, 0) is 43.7 Å². The molecule has 0 spiro atoms. The van der Waals surface area contributed by atoms with Crippen molar-refractivity contribution >= 4 is 23.4 Å². The molecular formula is C26H26N2O6S. The lowest BCUT2D eigenvalue weighted by molar-refractivity contribution is -0.139. The molecule has 1 unspecified atom stereocenters. The van der Waals surface area contributed by atoms with E-state index in [4.69, 9.17) is 18.9 Å². The van der Waals surface area contributed by atoms with Crippen LogP contribution in [0.5, 0.6) is 17.2 Å². The number of para-hydroxylation sites is 1. The summed E-state index contributed by atoms with van der Waals surface area (Å²) < 4.78 is 23.5. The molecule has 182 valence electrons. The summed E-state index contributed by atoms with van der Waals surface area (Å²) in [5.74, 6) is 1.25. The number of thiazole rings is 1. The van der Waals surface area contributed by atoms with Crippen molar-refractivity contribution in [1.29, 1.82) is 0 Å². The number of esters is 1. The highest BCUT2D eigenvalue weighted by Crippen LogP contribution is 2.33. The molecule has 2 heterocycles.